The molecule has 1 heteroatoms. The van der Waals surface area contributed by atoms with Gasteiger partial charge in [0.25, 0.3) is 0 Å². The van der Waals surface area contributed by atoms with Gasteiger partial charge < -0.3 is 5.73 Å². The molecule has 2 N–H and O–H groups in total. The van der Waals surface area contributed by atoms with Crippen LogP contribution >= 0.6 is 0 Å². The van der Waals surface area contributed by atoms with Gasteiger partial charge in [0.05, 0.1) is 0 Å². The molecule has 3 rings (SSSR count). The van der Waals surface area contributed by atoms with E-state index in [1.54, 1.807) is 16.7 Å². The van der Waals surface area contributed by atoms with E-state index in [1.165, 1.54) is 95.5 Å². The van der Waals surface area contributed by atoms with E-state index in [9.17, 15) is 0 Å². The largest absolute Gasteiger partial charge is 0.324 e. The molecule has 2 unspecified atom stereocenters. The van der Waals surface area contributed by atoms with Crippen LogP contribution in [0.1, 0.15) is 138 Å². The summed E-state index contributed by atoms with van der Waals surface area (Å²) < 4.78 is 0. The predicted molar refractivity (Wildman–Crippen MR) is 165 cm³/mol. The number of rotatable bonds is 10. The van der Waals surface area contributed by atoms with Crippen molar-refractivity contribution in [1.29, 1.82) is 0 Å². The van der Waals surface area contributed by atoms with Crippen molar-refractivity contribution in [3.63, 3.8) is 0 Å². The van der Waals surface area contributed by atoms with Crippen LogP contribution in [0.4, 0.5) is 0 Å². The summed E-state index contributed by atoms with van der Waals surface area (Å²) in [7, 11) is 0. The van der Waals surface area contributed by atoms with Crippen LogP contribution in [0.3, 0.4) is 0 Å². The van der Waals surface area contributed by atoms with E-state index in [1.807, 2.05) is 0 Å². The van der Waals surface area contributed by atoms with Crippen molar-refractivity contribution in [3.8, 4) is 0 Å². The molecule has 0 saturated heterocycles. The quantitative estimate of drug-likeness (QED) is 0.292. The molecule has 37 heavy (non-hydrogen) atoms. The molecule has 6 atom stereocenters. The second-order valence-corrected chi connectivity index (χ2v) is 13.8. The van der Waals surface area contributed by atoms with Gasteiger partial charge in [0, 0.05) is 6.04 Å². The fraction of sp³-hybridized carbons (Fsp3) is 0.778. The Hall–Kier alpha value is -1.08. The fourth-order valence-electron chi connectivity index (χ4n) is 8.37. The lowest BCUT2D eigenvalue weighted by molar-refractivity contribution is 0.193. The fourth-order valence-corrected chi connectivity index (χ4v) is 8.37. The Kier molecular flexibility index (Phi) is 11.0. The van der Waals surface area contributed by atoms with Crippen molar-refractivity contribution < 1.29 is 0 Å². The highest BCUT2D eigenvalue weighted by Gasteiger charge is 2.48. The molecule has 210 valence electrons. The molecule has 0 bridgehead atoms. The minimum atomic E-state index is 0.177. The van der Waals surface area contributed by atoms with Gasteiger partial charge in [-0.1, -0.05) is 108 Å². The molecular weight excluding hydrogens is 446 g/mol. The highest BCUT2D eigenvalue weighted by molar-refractivity contribution is 5.38. The van der Waals surface area contributed by atoms with Gasteiger partial charge in [0.15, 0.2) is 0 Å². The van der Waals surface area contributed by atoms with Crippen LogP contribution in [-0.2, 0) is 0 Å². The maximum absolute atomic E-state index is 7.51. The molecule has 1 nitrogen and oxygen atoms in total. The Balaban J connectivity index is 2.15. The Morgan fingerprint density at radius 1 is 1.08 bits per heavy atom. The van der Waals surface area contributed by atoms with Crippen LogP contribution in [-0.4, -0.2) is 6.04 Å². The molecule has 0 heterocycles. The van der Waals surface area contributed by atoms with Crippen molar-refractivity contribution in [2.24, 2.45) is 40.2 Å². The number of nitrogens with two attached hydrogens (primary N) is 1. The standard InChI is InChI=1S/C36H61N/c1-9-17-27(7)30(21-28-18-15-13-14-16-19-28)31-25-36(12-4,20-10-2)33-22-29(26(5)6)23-35(8,11-3)24-32(33)34(31)37/h13-14,21,27-29,31,34H,5,9-12,15-20,22-25,37H2,1-4,6-8H3/t27-,29-,31?,34-,35?,36-/m1/s1. The molecular formula is C36H61N. The van der Waals surface area contributed by atoms with Gasteiger partial charge in [-0.2, -0.15) is 0 Å². The average molecular weight is 508 g/mol. The Labute approximate surface area is 231 Å². The van der Waals surface area contributed by atoms with Gasteiger partial charge >= 0.3 is 0 Å². The first-order chi connectivity index (χ1) is 17.6. The molecule has 0 fully saturated rings. The second kappa shape index (κ2) is 13.3. The molecule has 0 saturated carbocycles. The van der Waals surface area contributed by atoms with Gasteiger partial charge in [-0.3, -0.25) is 0 Å². The molecule has 0 spiro atoms. The van der Waals surface area contributed by atoms with E-state index in [4.69, 9.17) is 5.73 Å². The second-order valence-electron chi connectivity index (χ2n) is 13.8. The zero-order chi connectivity index (χ0) is 27.2. The summed E-state index contributed by atoms with van der Waals surface area (Å²) in [6.07, 6.45) is 25.1. The third kappa shape index (κ3) is 6.93. The first kappa shape index (κ1) is 30.5. The third-order valence-electron chi connectivity index (χ3n) is 11.0. The smallest absolute Gasteiger partial charge is 0.0323 e. The first-order valence-corrected chi connectivity index (χ1v) is 16.1. The van der Waals surface area contributed by atoms with Gasteiger partial charge in [0.1, 0.15) is 0 Å². The maximum atomic E-state index is 7.51. The lowest BCUT2D eigenvalue weighted by Gasteiger charge is -2.49. The van der Waals surface area contributed by atoms with E-state index in [0.29, 0.717) is 34.5 Å². The Morgan fingerprint density at radius 2 is 1.76 bits per heavy atom. The van der Waals surface area contributed by atoms with Crippen LogP contribution in [0.25, 0.3) is 0 Å². The van der Waals surface area contributed by atoms with E-state index in [0.717, 1.165) is 0 Å². The molecule has 3 aliphatic carbocycles. The van der Waals surface area contributed by atoms with Gasteiger partial charge in [0.2, 0.25) is 0 Å². The van der Waals surface area contributed by atoms with Crippen molar-refractivity contribution >= 4 is 0 Å². The summed E-state index contributed by atoms with van der Waals surface area (Å²) in [4.78, 5) is 0. The molecule has 0 aromatic heterocycles. The average Bonchev–Trinajstić information content (AvgIpc) is 3.23. The summed E-state index contributed by atoms with van der Waals surface area (Å²) in [6, 6.07) is 0.177. The first-order valence-electron chi connectivity index (χ1n) is 16.1. The van der Waals surface area contributed by atoms with Crippen molar-refractivity contribution in [1.82, 2.24) is 0 Å². The highest BCUT2D eigenvalue weighted by atomic mass is 14.7. The lowest BCUT2D eigenvalue weighted by Crippen LogP contribution is -2.46. The molecule has 3 aliphatic rings. The SMILES string of the molecule is C=C(C)[C@@H]1CC2=C(CC(C)(CC)C1)[C@H](N)C(C(=CC1CCC=CCC1)[C@H](C)CCC)C[C@@]2(CC)CCC. The number of hydrogen-bond acceptors (Lipinski definition) is 1. The normalized spacial score (nSPS) is 34.6. The number of allylic oxidation sites excluding steroid dienone is 5. The maximum Gasteiger partial charge on any atom is 0.0323 e. The minimum Gasteiger partial charge on any atom is -0.324 e. The van der Waals surface area contributed by atoms with Crippen molar-refractivity contribution in [3.05, 3.63) is 47.1 Å². The van der Waals surface area contributed by atoms with Crippen molar-refractivity contribution in [2.45, 2.75) is 144 Å². The molecule has 0 aromatic rings. The lowest BCUT2D eigenvalue weighted by atomic mass is 9.57. The molecule has 0 radical (unpaired) electrons. The van der Waals surface area contributed by atoms with E-state index in [2.05, 4.69) is 73.3 Å². The van der Waals surface area contributed by atoms with E-state index < -0.39 is 0 Å². The number of hydrogen-bond donors (Lipinski definition) is 1. The van der Waals surface area contributed by atoms with Gasteiger partial charge in [-0.05, 0) is 112 Å². The minimum absolute atomic E-state index is 0.177. The zero-order valence-electron chi connectivity index (χ0n) is 25.8. The predicted octanol–water partition coefficient (Wildman–Crippen LogP) is 10.7. The third-order valence-corrected chi connectivity index (χ3v) is 11.0. The summed E-state index contributed by atoms with van der Waals surface area (Å²) >= 11 is 0. The topological polar surface area (TPSA) is 26.0 Å². The molecule has 0 amide bonds. The van der Waals surface area contributed by atoms with Crippen LogP contribution < -0.4 is 5.73 Å². The van der Waals surface area contributed by atoms with Crippen LogP contribution in [0, 0.1) is 34.5 Å². The summed E-state index contributed by atoms with van der Waals surface area (Å²) in [5.41, 5.74) is 14.7. The van der Waals surface area contributed by atoms with Gasteiger partial charge in [-0.15, -0.1) is 0 Å². The summed E-state index contributed by atoms with van der Waals surface area (Å²) in [6.45, 7) is 21.5. The van der Waals surface area contributed by atoms with Crippen LogP contribution in [0.5, 0.6) is 0 Å². The Bertz CT molecular complexity index is 848. The molecule has 0 aliphatic heterocycles. The summed E-state index contributed by atoms with van der Waals surface area (Å²) in [5, 5.41) is 0. The van der Waals surface area contributed by atoms with E-state index in [-0.39, 0.29) is 6.04 Å². The van der Waals surface area contributed by atoms with Gasteiger partial charge in [-0.25, -0.2) is 0 Å². The van der Waals surface area contributed by atoms with Crippen molar-refractivity contribution in [2.75, 3.05) is 0 Å². The van der Waals surface area contributed by atoms with Crippen LogP contribution in [0.15, 0.2) is 47.1 Å². The molecule has 0 aromatic carbocycles. The monoisotopic (exact) mass is 507 g/mol. The van der Waals surface area contributed by atoms with Crippen LogP contribution in [0.2, 0.25) is 0 Å². The Morgan fingerprint density at radius 3 is 2.30 bits per heavy atom. The summed E-state index contributed by atoms with van der Waals surface area (Å²) in [5.74, 6) is 2.42. The zero-order valence-corrected chi connectivity index (χ0v) is 25.8. The highest BCUT2D eigenvalue weighted by Crippen LogP contribution is 2.58. The van der Waals surface area contributed by atoms with E-state index >= 15 is 0 Å².